The van der Waals surface area contributed by atoms with Crippen LogP contribution in [0.5, 0.6) is 0 Å². The van der Waals surface area contributed by atoms with Gasteiger partial charge in [0.1, 0.15) is 0 Å². The summed E-state index contributed by atoms with van der Waals surface area (Å²) in [6, 6.07) is 18.5. The maximum Gasteiger partial charge on any atom is 0.317 e. The number of ether oxygens (including phenoxy) is 1. The fourth-order valence-corrected chi connectivity index (χ4v) is 5.95. The minimum Gasteiger partial charge on any atom is -0.480 e. The van der Waals surface area contributed by atoms with Crippen molar-refractivity contribution in [3.63, 3.8) is 0 Å². The van der Waals surface area contributed by atoms with Gasteiger partial charge in [0.05, 0.1) is 25.7 Å². The third kappa shape index (κ3) is 18.5. The van der Waals surface area contributed by atoms with Gasteiger partial charge in [0.2, 0.25) is 23.7 Å². The van der Waals surface area contributed by atoms with E-state index in [9.17, 15) is 36.7 Å². The Balaban J connectivity index is 0.000000456. The van der Waals surface area contributed by atoms with Crippen molar-refractivity contribution in [1.29, 1.82) is 0 Å². The van der Waals surface area contributed by atoms with Gasteiger partial charge in [-0.2, -0.15) is 0 Å². The summed E-state index contributed by atoms with van der Waals surface area (Å²) in [6.07, 6.45) is 1.63. The summed E-state index contributed by atoms with van der Waals surface area (Å²) in [5, 5.41) is 17.4. The molecule has 2 aromatic carbocycles. The minimum atomic E-state index is -2.66. The molecule has 2 aliphatic rings. The Kier molecular flexibility index (Phi) is 21.5. The summed E-state index contributed by atoms with van der Waals surface area (Å²) in [6.45, 7) is 2.50. The first-order valence-electron chi connectivity index (χ1n) is 17.9. The van der Waals surface area contributed by atoms with Crippen LogP contribution >= 0.6 is 0 Å². The lowest BCUT2D eigenvalue weighted by atomic mass is 9.86. The number of aliphatic carboxylic acids is 1. The number of esters is 1. The zero-order valence-electron chi connectivity index (χ0n) is 30.1. The molecule has 6 N–H and O–H groups in total. The van der Waals surface area contributed by atoms with E-state index in [-0.39, 0.29) is 101 Å². The Morgan fingerprint density at radius 3 is 1.49 bits per heavy atom. The number of benzene rings is 2. The van der Waals surface area contributed by atoms with Crippen LogP contribution in [0.25, 0.3) is 0 Å². The van der Waals surface area contributed by atoms with Crippen molar-refractivity contribution in [1.82, 2.24) is 16.0 Å². The molecule has 0 bridgehead atoms. The fourth-order valence-electron chi connectivity index (χ4n) is 5.95. The lowest BCUT2D eigenvalue weighted by molar-refractivity contribution is -0.140. The van der Waals surface area contributed by atoms with E-state index in [1.54, 1.807) is 6.92 Å². The van der Waals surface area contributed by atoms with Gasteiger partial charge in [-0.15, -0.1) is 0 Å². The number of nitrogens with one attached hydrogen (secondary N) is 3. The van der Waals surface area contributed by atoms with Crippen molar-refractivity contribution in [3.8, 4) is 0 Å². The molecule has 2 unspecified atom stereocenters. The zero-order chi connectivity index (χ0) is 38.6. The van der Waals surface area contributed by atoms with Crippen LogP contribution in [0.15, 0.2) is 60.7 Å². The van der Waals surface area contributed by atoms with E-state index in [1.165, 1.54) is 7.11 Å². The van der Waals surface area contributed by atoms with Gasteiger partial charge in [0.25, 0.3) is 0 Å². The van der Waals surface area contributed by atoms with Crippen LogP contribution in [0.3, 0.4) is 0 Å². The van der Waals surface area contributed by atoms with Crippen LogP contribution in [0, 0.1) is 11.8 Å². The highest BCUT2D eigenvalue weighted by Gasteiger charge is 2.39. The highest BCUT2D eigenvalue weighted by atomic mass is 19.3. The first-order chi connectivity index (χ1) is 24.7. The zero-order valence-corrected chi connectivity index (χ0v) is 30.1. The summed E-state index contributed by atoms with van der Waals surface area (Å²) >= 11 is 0. The summed E-state index contributed by atoms with van der Waals surface area (Å²) in [4.78, 5) is 45.2. The molecule has 53 heavy (non-hydrogen) atoms. The average Bonchev–Trinajstić information content (AvgIpc) is 3.13. The molecule has 2 atom stereocenters. The molecule has 0 aliphatic heterocycles. The number of amides is 2. The first kappa shape index (κ1) is 47.0. The van der Waals surface area contributed by atoms with Crippen LogP contribution in [0.1, 0.15) is 108 Å². The van der Waals surface area contributed by atoms with Crippen molar-refractivity contribution in [2.24, 2.45) is 17.6 Å². The average molecular weight is 755 g/mol. The van der Waals surface area contributed by atoms with Crippen molar-refractivity contribution in [2.45, 2.75) is 109 Å². The van der Waals surface area contributed by atoms with E-state index >= 15 is 0 Å². The third-order valence-electron chi connectivity index (χ3n) is 9.07. The number of carboxylic acid groups (broad SMARTS) is 1. The number of alkyl halides is 4. The first-order valence-corrected chi connectivity index (χ1v) is 17.9. The Morgan fingerprint density at radius 2 is 1.17 bits per heavy atom. The maximum absolute atomic E-state index is 13.3. The summed E-state index contributed by atoms with van der Waals surface area (Å²) in [5.74, 6) is -7.40. The van der Waals surface area contributed by atoms with Gasteiger partial charge in [-0.1, -0.05) is 75.0 Å². The quantitative estimate of drug-likeness (QED) is 0.0787. The molecule has 4 rings (SSSR count). The van der Waals surface area contributed by atoms with Gasteiger partial charge < -0.3 is 31.5 Å². The summed E-state index contributed by atoms with van der Waals surface area (Å²) in [5.41, 5.74) is 7.51. The van der Waals surface area contributed by atoms with Crippen molar-refractivity contribution < 1.29 is 46.6 Å². The largest absolute Gasteiger partial charge is 0.480 e. The number of rotatable bonds is 14. The van der Waals surface area contributed by atoms with Crippen LogP contribution < -0.4 is 21.7 Å². The maximum atomic E-state index is 13.3. The van der Waals surface area contributed by atoms with E-state index in [1.807, 2.05) is 60.7 Å². The SMILES string of the molecule is C.CCC(=O)OC.NCCC(NC(=O)C1CCC(F)(F)CC1)c1ccccc1.O=C(O)CNCCC(NC(=O)C1CCC(F)(F)CC1)c1ccccc1. The normalized spacial score (nSPS) is 17.5. The van der Waals surface area contributed by atoms with Crippen molar-refractivity contribution in [2.75, 3.05) is 26.7 Å². The predicted molar refractivity (Wildman–Crippen MR) is 196 cm³/mol. The molecule has 14 heteroatoms. The van der Waals surface area contributed by atoms with Gasteiger partial charge >= 0.3 is 11.9 Å². The lowest BCUT2D eigenvalue weighted by Crippen LogP contribution is -2.38. The number of hydrogen-bond acceptors (Lipinski definition) is 7. The van der Waals surface area contributed by atoms with Crippen molar-refractivity contribution in [3.05, 3.63) is 71.8 Å². The van der Waals surface area contributed by atoms with E-state index in [0.717, 1.165) is 11.1 Å². The number of carboxylic acids is 1. The number of nitrogens with two attached hydrogens (primary N) is 1. The Hall–Kier alpha value is -4.04. The number of carbonyl (C=O) groups is 4. The van der Waals surface area contributed by atoms with Crippen LogP contribution in [-0.2, 0) is 23.9 Å². The van der Waals surface area contributed by atoms with Gasteiger partial charge in [-0.05, 0) is 62.7 Å². The van der Waals surface area contributed by atoms with E-state index in [0.29, 0.717) is 32.4 Å². The Morgan fingerprint density at radius 1 is 0.774 bits per heavy atom. The monoisotopic (exact) mass is 754 g/mol. The van der Waals surface area contributed by atoms with Gasteiger partial charge in [-0.25, -0.2) is 17.6 Å². The molecule has 2 aromatic rings. The second-order valence-electron chi connectivity index (χ2n) is 13.1. The molecular weight excluding hydrogens is 696 g/mol. The van der Waals surface area contributed by atoms with Gasteiger partial charge in [-0.3, -0.25) is 19.2 Å². The number of hydrogen-bond donors (Lipinski definition) is 5. The third-order valence-corrected chi connectivity index (χ3v) is 9.07. The molecule has 2 fully saturated rings. The molecule has 298 valence electrons. The van der Waals surface area contributed by atoms with Crippen LogP contribution in [0.4, 0.5) is 17.6 Å². The number of methoxy groups -OCH3 is 1. The molecule has 0 aromatic heterocycles. The highest BCUT2D eigenvalue weighted by molar-refractivity contribution is 5.79. The molecular formula is C39H58F4N4O6. The van der Waals surface area contributed by atoms with Crippen LogP contribution in [-0.4, -0.2) is 67.4 Å². The van der Waals surface area contributed by atoms with Gasteiger partial charge in [0.15, 0.2) is 0 Å². The molecule has 0 spiro atoms. The second-order valence-corrected chi connectivity index (χ2v) is 13.1. The molecule has 0 heterocycles. The smallest absolute Gasteiger partial charge is 0.317 e. The highest BCUT2D eigenvalue weighted by Crippen LogP contribution is 2.37. The molecule has 0 saturated heterocycles. The van der Waals surface area contributed by atoms with E-state index in [4.69, 9.17) is 10.8 Å². The predicted octanol–water partition coefficient (Wildman–Crippen LogP) is 6.96. The summed E-state index contributed by atoms with van der Waals surface area (Å²) < 4.78 is 57.0. The topological polar surface area (TPSA) is 160 Å². The van der Waals surface area contributed by atoms with E-state index < -0.39 is 23.7 Å². The Bertz CT molecular complexity index is 1340. The minimum absolute atomic E-state index is 0. The van der Waals surface area contributed by atoms with Gasteiger partial charge in [0, 0.05) is 43.9 Å². The molecule has 10 nitrogen and oxygen atoms in total. The standard InChI is InChI=1S/C18H24F2N2O3.C16H22F2N2O.C4H8O2.CH4/c19-18(20)9-6-14(7-10-18)17(25)22-15(8-11-21-12-16(23)24)13-4-2-1-3-5-13;17-16(18)9-6-13(7-10-16)15(21)20-14(8-11-19)12-4-2-1-3-5-12;1-3-4(5)6-2;/h1-5,14-15,21H,6-12H2,(H,22,25)(H,23,24);1-5,13-14H,6-11,19H2,(H,20,21);3H2,1-2H3;1H4. The fraction of sp³-hybridized carbons (Fsp3) is 0.590. The molecule has 2 aliphatic carbocycles. The second kappa shape index (κ2) is 24.3. The lowest BCUT2D eigenvalue weighted by Gasteiger charge is -2.29. The van der Waals surface area contributed by atoms with Crippen LogP contribution in [0.2, 0.25) is 0 Å². The number of halogens is 4. The van der Waals surface area contributed by atoms with E-state index in [2.05, 4.69) is 20.7 Å². The molecule has 2 amide bonds. The Labute approximate surface area is 311 Å². The molecule has 0 radical (unpaired) electrons. The molecule has 2 saturated carbocycles. The number of carbonyl (C=O) groups excluding carboxylic acids is 3. The van der Waals surface area contributed by atoms with Crippen molar-refractivity contribution >= 4 is 23.8 Å². The summed E-state index contributed by atoms with van der Waals surface area (Å²) in [7, 11) is 1.38.